The Labute approximate surface area is 778 Å². The minimum atomic E-state index is -0.673. The van der Waals surface area contributed by atoms with Crippen LogP contribution in [0.3, 0.4) is 0 Å². The van der Waals surface area contributed by atoms with Gasteiger partial charge in [-0.2, -0.15) is 0 Å². The van der Waals surface area contributed by atoms with Gasteiger partial charge in [-0.3, -0.25) is 0 Å². The number of nitrogens with zero attached hydrogens (tertiary/aromatic N) is 4. The van der Waals surface area contributed by atoms with Gasteiger partial charge in [-0.15, -0.1) is 0 Å². The number of fused-ring (bicyclic) bond motifs is 32. The van der Waals surface area contributed by atoms with Crippen molar-refractivity contribution in [2.24, 2.45) is 0 Å². The lowest BCUT2D eigenvalue weighted by Gasteiger charge is -2.32. The molecule has 6 nitrogen and oxygen atoms in total. The molecule has 2 spiro atoms. The first-order valence-corrected chi connectivity index (χ1v) is 46.7. The van der Waals surface area contributed by atoms with Crippen molar-refractivity contribution < 1.29 is 8.83 Å². The van der Waals surface area contributed by atoms with Crippen LogP contribution in [0.5, 0.6) is 0 Å². The molecule has 2 unspecified atom stereocenters. The Hall–Kier alpha value is -16.8. The van der Waals surface area contributed by atoms with Crippen LogP contribution in [0.2, 0.25) is 0 Å². The zero-order valence-corrected chi connectivity index (χ0v) is 74.3. The van der Waals surface area contributed by atoms with Gasteiger partial charge in [0, 0.05) is 113 Å². The van der Waals surface area contributed by atoms with Crippen molar-refractivity contribution in [3.05, 3.63) is 516 Å². The molecule has 0 aliphatic heterocycles. The van der Waals surface area contributed by atoms with Crippen molar-refractivity contribution in [1.29, 1.82) is 0 Å². The summed E-state index contributed by atoms with van der Waals surface area (Å²) in [5.74, 6) is 0. The largest absolute Gasteiger partial charge is 0.456 e. The summed E-state index contributed by atoms with van der Waals surface area (Å²) in [6.07, 6.45) is 0. The van der Waals surface area contributed by atoms with Crippen molar-refractivity contribution in [2.45, 2.75) is 49.4 Å². The zero-order valence-electron chi connectivity index (χ0n) is 74.3. The molecular formula is C128H86N4O2. The fraction of sp³-hybridized carbons (Fsp3) is 0.0625. The van der Waals surface area contributed by atoms with Gasteiger partial charge in [0.05, 0.1) is 22.2 Å². The molecule has 0 saturated heterocycles. The molecule has 20 aromatic carbocycles. The highest BCUT2D eigenvalue weighted by Gasteiger charge is 2.55. The molecule has 6 aliphatic rings. The van der Waals surface area contributed by atoms with Gasteiger partial charge in [0.1, 0.15) is 22.3 Å². The Bertz CT molecular complexity index is 8740. The maximum atomic E-state index is 7.21. The Kier molecular flexibility index (Phi) is 16.1. The van der Waals surface area contributed by atoms with E-state index in [0.29, 0.717) is 0 Å². The molecule has 0 N–H and O–H groups in total. The molecule has 2 atom stereocenters. The third-order valence-corrected chi connectivity index (χ3v) is 30.6. The molecule has 0 fully saturated rings. The predicted molar refractivity (Wildman–Crippen MR) is 553 cm³/mol. The summed E-state index contributed by atoms with van der Waals surface area (Å²) in [4.78, 5) is 9.80. The average Bonchev–Trinajstić information content (AvgIpc) is 1.51. The molecule has 630 valence electrons. The highest BCUT2D eigenvalue weighted by molar-refractivity contribution is 6.11. The standard InChI is InChI=1S/C128H86N4O2/c1-125(2)105-45-23-17-39-91(105)95-65-57-87(75-115(95)125)129(81-31-9-5-10-32-81)85-61-69-110-103(73-85)92-40-18-24-46-106(92)127(110)107-47-25-19-41-93(107)104-74-86(62-70-111(104)127)130(82-33-11-6-12-34-82)88-58-66-96-94-63-55-79(71-114(94)126(3,4)116(96)76-88)80-56-64-98-100-68-60-90(78-122(100)134-120(98)72-80)132(84-37-15-8-16-38-84)118-53-30-51-113-124(118)102-44-21-27-49-109(102)128(113)108-48-26-20-43-101(108)123-112(128)50-29-52-117(123)131(83-35-13-7-14-36-83)89-59-67-99-97-42-22-28-54-119(97)133-121(99)77-89/h5-78H,1-4H3. The first kappa shape index (κ1) is 76.1. The van der Waals surface area contributed by atoms with E-state index in [1.54, 1.807) is 0 Å². The molecule has 2 heterocycles. The van der Waals surface area contributed by atoms with Gasteiger partial charge in [-0.25, -0.2) is 0 Å². The summed E-state index contributed by atoms with van der Waals surface area (Å²) >= 11 is 0. The predicted octanol–water partition coefficient (Wildman–Crippen LogP) is 34.3. The van der Waals surface area contributed by atoms with E-state index in [9.17, 15) is 0 Å². The number of anilines is 12. The van der Waals surface area contributed by atoms with E-state index in [1.807, 2.05) is 6.07 Å². The van der Waals surface area contributed by atoms with Crippen molar-refractivity contribution >= 4 is 112 Å². The molecular weight excluding hydrogens is 1630 g/mol. The SMILES string of the molecule is CC1(C)c2ccccc2-c2ccc(N(c3ccccc3)c3ccc4c(c3)-c3ccccc3C43c4ccccc4-c4cc(N(c5ccccc5)c5ccc6c(c5)C(C)(C)c5cc(-c7ccc8c(c7)oc7cc(N(c9ccccc9)c9cccc%10c9-c9ccccc9C%109c%10ccccc%10-c%10c(N(c%11ccccc%11)c%11ccc%12c(c%11)oc%11ccccc%11%12)cccc%109)ccc78)ccc5-6)ccc43)cc21. The highest BCUT2D eigenvalue weighted by atomic mass is 16.3. The van der Waals surface area contributed by atoms with E-state index >= 15 is 0 Å². The van der Waals surface area contributed by atoms with Crippen molar-refractivity contribution in [3.63, 3.8) is 0 Å². The van der Waals surface area contributed by atoms with E-state index in [0.717, 1.165) is 123 Å². The van der Waals surface area contributed by atoms with E-state index in [1.165, 1.54) is 134 Å². The normalized spacial score (nSPS) is 15.6. The summed E-state index contributed by atoms with van der Waals surface area (Å²) in [6, 6.07) is 168. The van der Waals surface area contributed by atoms with Crippen molar-refractivity contribution in [1.82, 2.24) is 0 Å². The molecule has 134 heavy (non-hydrogen) atoms. The van der Waals surface area contributed by atoms with E-state index in [4.69, 9.17) is 8.83 Å². The van der Waals surface area contributed by atoms with Crippen LogP contribution < -0.4 is 19.6 Å². The van der Waals surface area contributed by atoms with Crippen LogP contribution in [0.25, 0.3) is 122 Å². The van der Waals surface area contributed by atoms with Crippen LogP contribution in [-0.4, -0.2) is 0 Å². The van der Waals surface area contributed by atoms with Crippen LogP contribution in [0.4, 0.5) is 68.2 Å². The topological polar surface area (TPSA) is 39.2 Å². The number of furan rings is 2. The Balaban J connectivity index is 0.511. The Morgan fingerprint density at radius 3 is 0.940 bits per heavy atom. The third-order valence-electron chi connectivity index (χ3n) is 30.6. The summed E-state index contributed by atoms with van der Waals surface area (Å²) in [5, 5.41) is 4.35. The van der Waals surface area contributed by atoms with E-state index < -0.39 is 10.8 Å². The summed E-state index contributed by atoms with van der Waals surface area (Å²) in [5.41, 5.74) is 47.4. The number of hydrogen-bond donors (Lipinski definition) is 0. The van der Waals surface area contributed by atoms with E-state index in [-0.39, 0.29) is 10.8 Å². The number of hydrogen-bond acceptors (Lipinski definition) is 6. The molecule has 22 aromatic rings. The van der Waals surface area contributed by atoms with Gasteiger partial charge < -0.3 is 28.4 Å². The summed E-state index contributed by atoms with van der Waals surface area (Å²) in [6.45, 7) is 9.56. The Morgan fingerprint density at radius 1 is 0.164 bits per heavy atom. The third kappa shape index (κ3) is 10.6. The van der Waals surface area contributed by atoms with Gasteiger partial charge in [0.2, 0.25) is 0 Å². The Morgan fingerprint density at radius 2 is 0.455 bits per heavy atom. The van der Waals surface area contributed by atoms with Crippen molar-refractivity contribution in [2.75, 3.05) is 19.6 Å². The smallest absolute Gasteiger partial charge is 0.137 e. The molecule has 0 saturated carbocycles. The van der Waals surface area contributed by atoms with Gasteiger partial charge >= 0.3 is 0 Å². The van der Waals surface area contributed by atoms with Crippen LogP contribution in [0.15, 0.2) is 458 Å². The number of benzene rings is 20. The van der Waals surface area contributed by atoms with E-state index in [2.05, 4.69) is 490 Å². The summed E-state index contributed by atoms with van der Waals surface area (Å²) in [7, 11) is 0. The zero-order chi connectivity index (χ0) is 88.6. The quantitative estimate of drug-likeness (QED) is 0.115. The maximum Gasteiger partial charge on any atom is 0.137 e. The molecule has 0 bridgehead atoms. The maximum absolute atomic E-state index is 7.21. The van der Waals surface area contributed by atoms with Gasteiger partial charge in [-0.1, -0.05) is 307 Å². The second-order valence-corrected chi connectivity index (χ2v) is 38.0. The van der Waals surface area contributed by atoms with Gasteiger partial charge in [-0.05, 0) is 291 Å². The van der Waals surface area contributed by atoms with Crippen LogP contribution in [0.1, 0.15) is 94.5 Å². The lowest BCUT2D eigenvalue weighted by molar-refractivity contribution is 0.660. The van der Waals surface area contributed by atoms with Crippen LogP contribution >= 0.6 is 0 Å². The second-order valence-electron chi connectivity index (χ2n) is 38.0. The fourth-order valence-electron chi connectivity index (χ4n) is 24.8. The van der Waals surface area contributed by atoms with Gasteiger partial charge in [0.25, 0.3) is 0 Å². The second kappa shape index (κ2) is 28.4. The molecule has 0 radical (unpaired) electrons. The van der Waals surface area contributed by atoms with Crippen LogP contribution in [0, 0.1) is 0 Å². The molecule has 6 heteroatoms. The summed E-state index contributed by atoms with van der Waals surface area (Å²) < 4.78 is 13.8. The first-order valence-electron chi connectivity index (χ1n) is 46.7. The monoisotopic (exact) mass is 1710 g/mol. The molecule has 2 aromatic heterocycles. The minimum absolute atomic E-state index is 0.150. The lowest BCUT2D eigenvalue weighted by atomic mass is 9.70. The molecule has 6 aliphatic carbocycles. The van der Waals surface area contributed by atoms with Gasteiger partial charge in [0.15, 0.2) is 0 Å². The molecule has 28 rings (SSSR count). The van der Waals surface area contributed by atoms with Crippen LogP contribution in [-0.2, 0) is 21.7 Å². The number of para-hydroxylation sites is 5. The van der Waals surface area contributed by atoms with Crippen molar-refractivity contribution in [3.8, 4) is 77.9 Å². The minimum Gasteiger partial charge on any atom is -0.456 e. The average molecular weight is 1710 g/mol. The highest BCUT2D eigenvalue weighted by Crippen LogP contribution is 2.69. The number of rotatable bonds is 13. The molecule has 0 amide bonds. The lowest BCUT2D eigenvalue weighted by Crippen LogP contribution is -2.26. The fourth-order valence-corrected chi connectivity index (χ4v) is 24.8. The first-order chi connectivity index (χ1) is 66.0.